The second-order valence-electron chi connectivity index (χ2n) is 7.35. The molecule has 0 bridgehead atoms. The van der Waals surface area contributed by atoms with Crippen LogP contribution >= 0.6 is 0 Å². The molecule has 1 N–H and O–H groups in total. The van der Waals surface area contributed by atoms with Crippen LogP contribution in [0.25, 0.3) is 11.0 Å². The standard InChI is InChI=1S/C17H22N2O2/c1-16(2,3)15-18-13-11(14(20)21)7-5-8-12(13)19(15)17(4)9-6-10-17/h5,7-8H,6,9-10H2,1-4H3,(H,20,21). The van der Waals surface area contributed by atoms with Crippen molar-refractivity contribution in [1.82, 2.24) is 9.55 Å². The van der Waals surface area contributed by atoms with E-state index in [0.717, 1.165) is 24.2 Å². The minimum atomic E-state index is -0.913. The van der Waals surface area contributed by atoms with E-state index in [1.807, 2.05) is 12.1 Å². The molecule has 0 atom stereocenters. The van der Waals surface area contributed by atoms with Gasteiger partial charge in [-0.25, -0.2) is 9.78 Å². The Morgan fingerprint density at radius 2 is 2.00 bits per heavy atom. The number of imidazole rings is 1. The van der Waals surface area contributed by atoms with Crippen LogP contribution in [0, 0.1) is 0 Å². The lowest BCUT2D eigenvalue weighted by Crippen LogP contribution is -2.40. The van der Waals surface area contributed by atoms with Gasteiger partial charge in [-0.15, -0.1) is 0 Å². The zero-order chi connectivity index (χ0) is 15.4. The first-order valence-electron chi connectivity index (χ1n) is 7.50. The molecule has 4 nitrogen and oxygen atoms in total. The molecule has 2 aromatic rings. The molecule has 0 saturated heterocycles. The number of carboxylic acid groups (broad SMARTS) is 1. The summed E-state index contributed by atoms with van der Waals surface area (Å²) in [5.41, 5.74) is 1.80. The normalized spacial score (nSPS) is 17.7. The van der Waals surface area contributed by atoms with Crippen LogP contribution in [0.1, 0.15) is 63.1 Å². The molecule has 3 rings (SSSR count). The minimum absolute atomic E-state index is 0.0640. The number of aromatic carboxylic acids is 1. The fraction of sp³-hybridized carbons (Fsp3) is 0.529. The van der Waals surface area contributed by atoms with Crippen molar-refractivity contribution < 1.29 is 9.90 Å². The van der Waals surface area contributed by atoms with Crippen LogP contribution in [-0.2, 0) is 11.0 Å². The van der Waals surface area contributed by atoms with Gasteiger partial charge >= 0.3 is 5.97 Å². The van der Waals surface area contributed by atoms with E-state index in [1.165, 1.54) is 6.42 Å². The maximum Gasteiger partial charge on any atom is 0.337 e. The van der Waals surface area contributed by atoms with E-state index >= 15 is 0 Å². The summed E-state index contributed by atoms with van der Waals surface area (Å²) in [5.74, 6) is 0.0675. The number of rotatable bonds is 2. The van der Waals surface area contributed by atoms with E-state index < -0.39 is 5.97 Å². The Balaban J connectivity index is 2.37. The fourth-order valence-electron chi connectivity index (χ4n) is 3.23. The molecule has 0 unspecified atom stereocenters. The molecule has 4 heteroatoms. The molecule has 0 aliphatic heterocycles. The van der Waals surface area contributed by atoms with Crippen LogP contribution in [0.15, 0.2) is 18.2 Å². The van der Waals surface area contributed by atoms with Gasteiger partial charge in [0.1, 0.15) is 11.3 Å². The molecule has 1 aromatic carbocycles. The van der Waals surface area contributed by atoms with Crippen molar-refractivity contribution in [3.05, 3.63) is 29.6 Å². The Labute approximate surface area is 124 Å². The van der Waals surface area contributed by atoms with Crippen LogP contribution < -0.4 is 0 Å². The average molecular weight is 286 g/mol. The highest BCUT2D eigenvalue weighted by Gasteiger charge is 2.39. The SMILES string of the molecule is CC(C)(C)c1nc2c(C(=O)O)cccc2n1C1(C)CCC1. The first-order valence-corrected chi connectivity index (χ1v) is 7.50. The van der Waals surface area contributed by atoms with Crippen LogP contribution in [0.4, 0.5) is 0 Å². The molecule has 0 spiro atoms. The second-order valence-corrected chi connectivity index (χ2v) is 7.35. The summed E-state index contributed by atoms with van der Waals surface area (Å²) in [4.78, 5) is 16.2. The van der Waals surface area contributed by atoms with Gasteiger partial charge in [0.25, 0.3) is 0 Å². The van der Waals surface area contributed by atoms with Crippen LogP contribution in [0.5, 0.6) is 0 Å². The van der Waals surface area contributed by atoms with Crippen LogP contribution in [0.3, 0.4) is 0 Å². The fourth-order valence-corrected chi connectivity index (χ4v) is 3.23. The van der Waals surface area contributed by atoms with Crippen molar-refractivity contribution in [2.75, 3.05) is 0 Å². The second kappa shape index (κ2) is 4.33. The highest BCUT2D eigenvalue weighted by atomic mass is 16.4. The molecule has 21 heavy (non-hydrogen) atoms. The number of hydrogen-bond donors (Lipinski definition) is 1. The third-order valence-electron chi connectivity index (χ3n) is 4.56. The Kier molecular flexibility index (Phi) is 2.91. The third-order valence-corrected chi connectivity index (χ3v) is 4.56. The number of benzene rings is 1. The molecular formula is C17H22N2O2. The van der Waals surface area contributed by atoms with Gasteiger partial charge in [-0.1, -0.05) is 26.8 Å². The first-order chi connectivity index (χ1) is 9.74. The Bertz CT molecular complexity index is 718. The number of carboxylic acids is 1. The lowest BCUT2D eigenvalue weighted by atomic mass is 9.77. The van der Waals surface area contributed by atoms with Crippen molar-refractivity contribution in [2.24, 2.45) is 0 Å². The summed E-state index contributed by atoms with van der Waals surface area (Å²) in [6.45, 7) is 8.65. The number of carbonyl (C=O) groups is 1. The van der Waals surface area contributed by atoms with Gasteiger partial charge in [-0.3, -0.25) is 0 Å². The number of para-hydroxylation sites is 1. The molecule has 1 heterocycles. The molecule has 1 aliphatic carbocycles. The molecule has 1 aromatic heterocycles. The number of nitrogens with zero attached hydrogens (tertiary/aromatic N) is 2. The molecule has 0 amide bonds. The van der Waals surface area contributed by atoms with Gasteiger partial charge in [-0.05, 0) is 38.3 Å². The summed E-state index contributed by atoms with van der Waals surface area (Å²) in [5, 5.41) is 9.41. The lowest BCUT2D eigenvalue weighted by Gasteiger charge is -2.43. The average Bonchev–Trinajstić information content (AvgIpc) is 2.75. The summed E-state index contributed by atoms with van der Waals surface area (Å²) in [6, 6.07) is 5.45. The summed E-state index contributed by atoms with van der Waals surface area (Å²) in [6.07, 6.45) is 3.47. The lowest BCUT2D eigenvalue weighted by molar-refractivity contribution is 0.0699. The van der Waals surface area contributed by atoms with Gasteiger partial charge in [0.2, 0.25) is 0 Å². The number of aromatic nitrogens is 2. The van der Waals surface area contributed by atoms with Crippen molar-refractivity contribution in [3.63, 3.8) is 0 Å². The largest absolute Gasteiger partial charge is 0.478 e. The van der Waals surface area contributed by atoms with E-state index in [4.69, 9.17) is 4.98 Å². The number of hydrogen-bond acceptors (Lipinski definition) is 2. The van der Waals surface area contributed by atoms with Gasteiger partial charge in [0.15, 0.2) is 0 Å². The van der Waals surface area contributed by atoms with E-state index in [0.29, 0.717) is 11.1 Å². The maximum atomic E-state index is 11.5. The van der Waals surface area contributed by atoms with Gasteiger partial charge < -0.3 is 9.67 Å². The van der Waals surface area contributed by atoms with E-state index in [9.17, 15) is 9.90 Å². The molecule has 1 fully saturated rings. The predicted molar refractivity (Wildman–Crippen MR) is 82.9 cm³/mol. The van der Waals surface area contributed by atoms with Crippen molar-refractivity contribution in [1.29, 1.82) is 0 Å². The zero-order valence-corrected chi connectivity index (χ0v) is 13.1. The maximum absolute atomic E-state index is 11.5. The first kappa shape index (κ1) is 14.1. The van der Waals surface area contributed by atoms with Gasteiger partial charge in [0, 0.05) is 11.0 Å². The minimum Gasteiger partial charge on any atom is -0.478 e. The Morgan fingerprint density at radius 1 is 1.33 bits per heavy atom. The summed E-state index contributed by atoms with van der Waals surface area (Å²) >= 11 is 0. The van der Waals surface area contributed by atoms with Gasteiger partial charge in [0.05, 0.1) is 11.1 Å². The van der Waals surface area contributed by atoms with Crippen molar-refractivity contribution >= 4 is 17.0 Å². The molecule has 1 saturated carbocycles. The third kappa shape index (κ3) is 2.04. The number of fused-ring (bicyclic) bond motifs is 1. The summed E-state index contributed by atoms with van der Waals surface area (Å²) < 4.78 is 2.29. The predicted octanol–water partition coefficient (Wildman–Crippen LogP) is 3.93. The van der Waals surface area contributed by atoms with Crippen LogP contribution in [-0.4, -0.2) is 20.6 Å². The molecule has 1 aliphatic rings. The highest BCUT2D eigenvalue weighted by Crippen LogP contribution is 2.44. The van der Waals surface area contributed by atoms with E-state index in [1.54, 1.807) is 6.07 Å². The molecule has 112 valence electrons. The van der Waals surface area contributed by atoms with Crippen LogP contribution in [0.2, 0.25) is 0 Å². The monoisotopic (exact) mass is 286 g/mol. The van der Waals surface area contributed by atoms with Crippen molar-refractivity contribution in [3.8, 4) is 0 Å². The molecule has 0 radical (unpaired) electrons. The summed E-state index contributed by atoms with van der Waals surface area (Å²) in [7, 11) is 0. The van der Waals surface area contributed by atoms with E-state index in [2.05, 4.69) is 32.3 Å². The smallest absolute Gasteiger partial charge is 0.337 e. The topological polar surface area (TPSA) is 55.1 Å². The van der Waals surface area contributed by atoms with Crippen molar-refractivity contribution in [2.45, 2.75) is 57.9 Å². The quantitative estimate of drug-likeness (QED) is 0.910. The van der Waals surface area contributed by atoms with E-state index in [-0.39, 0.29) is 11.0 Å². The van der Waals surface area contributed by atoms with Gasteiger partial charge in [-0.2, -0.15) is 0 Å². The Morgan fingerprint density at radius 3 is 2.48 bits per heavy atom. The highest BCUT2D eigenvalue weighted by molar-refractivity contribution is 6.01. The molecular weight excluding hydrogens is 264 g/mol. The zero-order valence-electron chi connectivity index (χ0n) is 13.1. The Hall–Kier alpha value is -1.84.